The summed E-state index contributed by atoms with van der Waals surface area (Å²) in [6.45, 7) is 1.52. The van der Waals surface area contributed by atoms with Crippen molar-refractivity contribution in [3.8, 4) is 6.07 Å². The Bertz CT molecular complexity index is 480. The van der Waals surface area contributed by atoms with Crippen LogP contribution in [-0.2, 0) is 4.79 Å². The van der Waals surface area contributed by atoms with Gasteiger partial charge in [0.2, 0.25) is 5.91 Å². The van der Waals surface area contributed by atoms with E-state index in [1.165, 1.54) is 0 Å². The number of nitriles is 1. The molecule has 5 nitrogen and oxygen atoms in total. The maximum absolute atomic E-state index is 11.7. The Balaban J connectivity index is 2.18. The fraction of sp³-hybridized carbons (Fsp3) is 0.462. The van der Waals surface area contributed by atoms with E-state index in [0.717, 1.165) is 25.1 Å². The first-order valence-electron chi connectivity index (χ1n) is 6.07. The van der Waals surface area contributed by atoms with Crippen molar-refractivity contribution < 1.29 is 4.79 Å². The van der Waals surface area contributed by atoms with Crippen molar-refractivity contribution in [1.82, 2.24) is 10.3 Å². The van der Waals surface area contributed by atoms with Gasteiger partial charge in [0.25, 0.3) is 0 Å². The zero-order valence-corrected chi connectivity index (χ0v) is 10.4. The molecule has 0 aromatic carbocycles. The second-order valence-corrected chi connectivity index (χ2v) is 4.40. The topological polar surface area (TPSA) is 69.0 Å². The molecule has 2 heterocycles. The molecule has 1 aromatic heterocycles. The second kappa shape index (κ2) is 5.50. The van der Waals surface area contributed by atoms with Gasteiger partial charge >= 0.3 is 0 Å². The largest absolute Gasteiger partial charge is 0.368 e. The highest BCUT2D eigenvalue weighted by molar-refractivity contribution is 5.79. The summed E-state index contributed by atoms with van der Waals surface area (Å²) in [7, 11) is 1.66. The van der Waals surface area contributed by atoms with Crippen molar-refractivity contribution in [1.29, 1.82) is 5.26 Å². The molecule has 0 radical (unpaired) electrons. The number of carbonyl (C=O) groups is 1. The summed E-state index contributed by atoms with van der Waals surface area (Å²) in [6.07, 6.45) is 5.17. The molecule has 0 spiro atoms. The van der Waals surface area contributed by atoms with Crippen LogP contribution in [0.2, 0.25) is 0 Å². The third kappa shape index (κ3) is 2.43. The van der Waals surface area contributed by atoms with Gasteiger partial charge in [0, 0.05) is 26.3 Å². The number of aromatic nitrogens is 1. The lowest BCUT2D eigenvalue weighted by atomic mass is 9.96. The number of hydrogen-bond donors (Lipinski definition) is 1. The van der Waals surface area contributed by atoms with Crippen molar-refractivity contribution in [2.45, 2.75) is 12.8 Å². The smallest absolute Gasteiger partial charge is 0.224 e. The number of hydrogen-bond acceptors (Lipinski definition) is 4. The first-order valence-corrected chi connectivity index (χ1v) is 6.07. The van der Waals surface area contributed by atoms with E-state index < -0.39 is 0 Å². The summed E-state index contributed by atoms with van der Waals surface area (Å²) in [4.78, 5) is 17.8. The van der Waals surface area contributed by atoms with E-state index in [9.17, 15) is 4.79 Å². The lowest BCUT2D eigenvalue weighted by Gasteiger charge is -2.33. The molecule has 1 aromatic rings. The molecule has 1 aliphatic heterocycles. The summed E-state index contributed by atoms with van der Waals surface area (Å²) in [5.74, 6) is 0.0672. The van der Waals surface area contributed by atoms with Crippen LogP contribution in [0.25, 0.3) is 0 Å². The molecule has 1 aliphatic rings. The van der Waals surface area contributed by atoms with Gasteiger partial charge in [-0.2, -0.15) is 5.26 Å². The molecule has 0 aliphatic carbocycles. The van der Waals surface area contributed by atoms with Crippen molar-refractivity contribution >= 4 is 11.6 Å². The Labute approximate surface area is 106 Å². The predicted octanol–water partition coefficient (Wildman–Crippen LogP) is 0.916. The molecule has 2 rings (SSSR count). The summed E-state index contributed by atoms with van der Waals surface area (Å²) in [6, 6.07) is 3.88. The molecule has 1 amide bonds. The number of piperidine rings is 1. The standard InChI is InChI=1S/C13H16N4O/c1-15-13(18)11-3-2-6-17(9-11)12-8-16-5-4-10(12)7-14/h4-5,8,11H,2-3,6,9H2,1H3,(H,15,18). The highest BCUT2D eigenvalue weighted by atomic mass is 16.1. The van der Waals surface area contributed by atoms with E-state index in [-0.39, 0.29) is 11.8 Å². The van der Waals surface area contributed by atoms with Crippen LogP contribution in [-0.4, -0.2) is 31.0 Å². The lowest BCUT2D eigenvalue weighted by molar-refractivity contribution is -0.124. The van der Waals surface area contributed by atoms with Crippen LogP contribution in [0.4, 0.5) is 5.69 Å². The fourth-order valence-corrected chi connectivity index (χ4v) is 2.35. The number of nitrogens with zero attached hydrogens (tertiary/aromatic N) is 3. The molecular weight excluding hydrogens is 228 g/mol. The normalized spacial score (nSPS) is 19.1. The summed E-state index contributed by atoms with van der Waals surface area (Å²) < 4.78 is 0. The lowest BCUT2D eigenvalue weighted by Crippen LogP contribution is -2.42. The Hall–Kier alpha value is -2.09. The van der Waals surface area contributed by atoms with Crippen LogP contribution in [0.15, 0.2) is 18.5 Å². The van der Waals surface area contributed by atoms with Crippen LogP contribution in [0.1, 0.15) is 18.4 Å². The van der Waals surface area contributed by atoms with E-state index in [0.29, 0.717) is 12.1 Å². The third-order valence-corrected chi connectivity index (χ3v) is 3.30. The molecule has 94 valence electrons. The van der Waals surface area contributed by atoms with Gasteiger partial charge in [0.15, 0.2) is 0 Å². The van der Waals surface area contributed by atoms with Gasteiger partial charge in [0.1, 0.15) is 6.07 Å². The molecule has 1 N–H and O–H groups in total. The van der Waals surface area contributed by atoms with E-state index in [1.807, 2.05) is 0 Å². The van der Waals surface area contributed by atoms with E-state index in [4.69, 9.17) is 5.26 Å². The van der Waals surface area contributed by atoms with E-state index >= 15 is 0 Å². The molecule has 0 bridgehead atoms. The van der Waals surface area contributed by atoms with Crippen LogP contribution in [0.5, 0.6) is 0 Å². The average molecular weight is 244 g/mol. The van der Waals surface area contributed by atoms with Crippen molar-refractivity contribution in [2.75, 3.05) is 25.0 Å². The number of rotatable bonds is 2. The maximum atomic E-state index is 11.7. The Kier molecular flexibility index (Phi) is 3.78. The molecular formula is C13H16N4O. The molecule has 5 heteroatoms. The zero-order chi connectivity index (χ0) is 13.0. The predicted molar refractivity (Wildman–Crippen MR) is 68.0 cm³/mol. The average Bonchev–Trinajstić information content (AvgIpc) is 2.46. The van der Waals surface area contributed by atoms with Gasteiger partial charge in [-0.3, -0.25) is 9.78 Å². The molecule has 1 saturated heterocycles. The quantitative estimate of drug-likeness (QED) is 0.839. The minimum absolute atomic E-state index is 0.00417. The van der Waals surface area contributed by atoms with Crippen molar-refractivity contribution in [3.63, 3.8) is 0 Å². The number of pyridine rings is 1. The zero-order valence-electron chi connectivity index (χ0n) is 10.4. The van der Waals surface area contributed by atoms with Crippen LogP contribution in [0, 0.1) is 17.2 Å². The van der Waals surface area contributed by atoms with Gasteiger partial charge in [-0.15, -0.1) is 0 Å². The minimum Gasteiger partial charge on any atom is -0.368 e. The molecule has 18 heavy (non-hydrogen) atoms. The van der Waals surface area contributed by atoms with Crippen LogP contribution in [0.3, 0.4) is 0 Å². The van der Waals surface area contributed by atoms with Gasteiger partial charge in [-0.05, 0) is 18.9 Å². The number of anilines is 1. The third-order valence-electron chi connectivity index (χ3n) is 3.30. The van der Waals surface area contributed by atoms with Gasteiger partial charge in [-0.1, -0.05) is 0 Å². The first kappa shape index (κ1) is 12.4. The molecule has 1 atom stereocenters. The van der Waals surface area contributed by atoms with Crippen LogP contribution >= 0.6 is 0 Å². The summed E-state index contributed by atoms with van der Waals surface area (Å²) >= 11 is 0. The summed E-state index contributed by atoms with van der Waals surface area (Å²) in [5.41, 5.74) is 1.44. The van der Waals surface area contributed by atoms with Gasteiger partial charge in [0.05, 0.1) is 23.4 Å². The monoisotopic (exact) mass is 244 g/mol. The van der Waals surface area contributed by atoms with Crippen molar-refractivity contribution in [3.05, 3.63) is 24.0 Å². The molecule has 1 fully saturated rings. The van der Waals surface area contributed by atoms with Crippen molar-refractivity contribution in [2.24, 2.45) is 5.92 Å². The van der Waals surface area contributed by atoms with Gasteiger partial charge in [-0.25, -0.2) is 0 Å². The summed E-state index contributed by atoms with van der Waals surface area (Å²) in [5, 5.41) is 11.8. The molecule has 0 saturated carbocycles. The van der Waals surface area contributed by atoms with Crippen LogP contribution < -0.4 is 10.2 Å². The SMILES string of the molecule is CNC(=O)C1CCCN(c2cnccc2C#N)C1. The first-order chi connectivity index (χ1) is 8.76. The second-order valence-electron chi connectivity index (χ2n) is 4.40. The number of amides is 1. The maximum Gasteiger partial charge on any atom is 0.224 e. The highest BCUT2D eigenvalue weighted by Crippen LogP contribution is 2.25. The van der Waals surface area contributed by atoms with E-state index in [2.05, 4.69) is 21.3 Å². The molecule has 1 unspecified atom stereocenters. The van der Waals surface area contributed by atoms with E-state index in [1.54, 1.807) is 25.5 Å². The fourth-order valence-electron chi connectivity index (χ4n) is 2.35. The number of carbonyl (C=O) groups excluding carboxylic acids is 1. The minimum atomic E-state index is -0.00417. The highest BCUT2D eigenvalue weighted by Gasteiger charge is 2.26. The Morgan fingerprint density at radius 2 is 2.50 bits per heavy atom. The Morgan fingerprint density at radius 3 is 3.22 bits per heavy atom. The Morgan fingerprint density at radius 1 is 1.67 bits per heavy atom. The van der Waals surface area contributed by atoms with Gasteiger partial charge < -0.3 is 10.2 Å². The number of nitrogens with one attached hydrogen (secondary N) is 1.